The van der Waals surface area contributed by atoms with Crippen LogP contribution in [0.25, 0.3) is 0 Å². The summed E-state index contributed by atoms with van der Waals surface area (Å²) in [5.41, 5.74) is 0. The van der Waals surface area contributed by atoms with Crippen LogP contribution in [-0.4, -0.2) is 19.0 Å². The van der Waals surface area contributed by atoms with E-state index in [-0.39, 0.29) is 0 Å². The molecule has 78 valence electrons. The van der Waals surface area contributed by atoms with E-state index < -0.39 is 0 Å². The molecule has 0 saturated heterocycles. The molecule has 14 heavy (non-hydrogen) atoms. The van der Waals surface area contributed by atoms with E-state index in [0.29, 0.717) is 0 Å². The lowest BCUT2D eigenvalue weighted by Gasteiger charge is -2.04. The smallest absolute Gasteiger partial charge is 0.119 e. The second-order valence-electron chi connectivity index (χ2n) is 2.80. The molecule has 1 rings (SSSR count). The molecular formula is C11H17NOS. The van der Waals surface area contributed by atoms with E-state index >= 15 is 0 Å². The summed E-state index contributed by atoms with van der Waals surface area (Å²) in [6, 6.07) is 8.20. The third kappa shape index (κ3) is 4.03. The molecule has 0 radical (unpaired) electrons. The number of nitrogens with one attached hydrogen (secondary N) is 1. The van der Waals surface area contributed by atoms with Gasteiger partial charge in [0.1, 0.15) is 5.75 Å². The topological polar surface area (TPSA) is 21.3 Å². The zero-order valence-corrected chi connectivity index (χ0v) is 9.56. The first kappa shape index (κ1) is 11.4. The van der Waals surface area contributed by atoms with Crippen molar-refractivity contribution >= 4 is 11.8 Å². The van der Waals surface area contributed by atoms with E-state index in [1.54, 1.807) is 11.8 Å². The van der Waals surface area contributed by atoms with Gasteiger partial charge in [-0.05, 0) is 37.7 Å². The average molecular weight is 211 g/mol. The molecule has 0 aliphatic heterocycles. The highest BCUT2D eigenvalue weighted by atomic mass is 32.2. The molecule has 0 aliphatic carbocycles. The Bertz CT molecular complexity index is 248. The molecule has 0 unspecified atom stereocenters. The van der Waals surface area contributed by atoms with Crippen LogP contribution in [0.3, 0.4) is 0 Å². The molecule has 1 N–H and O–H groups in total. The second kappa shape index (κ2) is 6.74. The first-order valence-electron chi connectivity index (χ1n) is 4.93. The Morgan fingerprint density at radius 1 is 1.21 bits per heavy atom. The van der Waals surface area contributed by atoms with E-state index in [1.165, 1.54) is 4.90 Å². The van der Waals surface area contributed by atoms with Gasteiger partial charge in [0, 0.05) is 10.8 Å². The van der Waals surface area contributed by atoms with Crippen molar-refractivity contribution in [3.63, 3.8) is 0 Å². The predicted octanol–water partition coefficient (Wildman–Crippen LogP) is 2.74. The maximum Gasteiger partial charge on any atom is 0.119 e. The first-order chi connectivity index (χ1) is 6.86. The van der Waals surface area contributed by atoms with E-state index in [0.717, 1.165) is 24.8 Å². The van der Waals surface area contributed by atoms with Crippen molar-refractivity contribution in [3.8, 4) is 5.75 Å². The SMILES string of the molecule is CCNCSc1ccc(OCC)cc1. The molecule has 0 bridgehead atoms. The second-order valence-corrected chi connectivity index (χ2v) is 3.85. The van der Waals surface area contributed by atoms with Gasteiger partial charge in [0.25, 0.3) is 0 Å². The molecule has 0 fully saturated rings. The highest BCUT2D eigenvalue weighted by molar-refractivity contribution is 7.99. The quantitative estimate of drug-likeness (QED) is 0.444. The van der Waals surface area contributed by atoms with E-state index in [1.807, 2.05) is 19.1 Å². The van der Waals surface area contributed by atoms with Crippen molar-refractivity contribution < 1.29 is 4.74 Å². The average Bonchev–Trinajstić information content (AvgIpc) is 2.21. The molecule has 2 nitrogen and oxygen atoms in total. The van der Waals surface area contributed by atoms with Gasteiger partial charge in [-0.2, -0.15) is 0 Å². The lowest BCUT2D eigenvalue weighted by atomic mass is 10.3. The highest BCUT2D eigenvalue weighted by Gasteiger charge is 1.94. The standard InChI is InChI=1S/C11H17NOS/c1-3-12-9-14-11-7-5-10(6-8-11)13-4-2/h5-8,12H,3-4,9H2,1-2H3. The minimum atomic E-state index is 0.726. The normalized spacial score (nSPS) is 10.1. The molecular weight excluding hydrogens is 194 g/mol. The van der Waals surface area contributed by atoms with Crippen LogP contribution in [0.15, 0.2) is 29.2 Å². The van der Waals surface area contributed by atoms with Crippen molar-refractivity contribution in [1.82, 2.24) is 5.32 Å². The van der Waals surface area contributed by atoms with Gasteiger partial charge < -0.3 is 10.1 Å². The lowest BCUT2D eigenvalue weighted by molar-refractivity contribution is 0.340. The summed E-state index contributed by atoms with van der Waals surface area (Å²) in [6.07, 6.45) is 0. The van der Waals surface area contributed by atoms with Gasteiger partial charge in [0.05, 0.1) is 6.61 Å². The first-order valence-corrected chi connectivity index (χ1v) is 5.91. The molecule has 0 aliphatic rings. The van der Waals surface area contributed by atoms with Crippen molar-refractivity contribution in [3.05, 3.63) is 24.3 Å². The number of hydrogen-bond acceptors (Lipinski definition) is 3. The Morgan fingerprint density at radius 2 is 1.93 bits per heavy atom. The fourth-order valence-electron chi connectivity index (χ4n) is 1.04. The van der Waals surface area contributed by atoms with Crippen LogP contribution in [0.1, 0.15) is 13.8 Å². The number of rotatable bonds is 6. The zero-order valence-electron chi connectivity index (χ0n) is 8.75. The summed E-state index contributed by atoms with van der Waals surface area (Å²) in [7, 11) is 0. The molecule has 0 aromatic heterocycles. The van der Waals surface area contributed by atoms with Crippen LogP contribution in [0.5, 0.6) is 5.75 Å². The summed E-state index contributed by atoms with van der Waals surface area (Å²) >= 11 is 1.81. The summed E-state index contributed by atoms with van der Waals surface area (Å²) in [6.45, 7) is 5.85. The molecule has 3 heteroatoms. The van der Waals surface area contributed by atoms with Gasteiger partial charge in [0.15, 0.2) is 0 Å². The van der Waals surface area contributed by atoms with Crippen molar-refractivity contribution in [1.29, 1.82) is 0 Å². The van der Waals surface area contributed by atoms with Crippen molar-refractivity contribution in [2.24, 2.45) is 0 Å². The third-order valence-corrected chi connectivity index (χ3v) is 2.68. The number of thioether (sulfide) groups is 1. The third-order valence-electron chi connectivity index (χ3n) is 1.73. The maximum absolute atomic E-state index is 5.36. The van der Waals surface area contributed by atoms with Crippen LogP contribution in [0, 0.1) is 0 Å². The largest absolute Gasteiger partial charge is 0.494 e. The van der Waals surface area contributed by atoms with Crippen molar-refractivity contribution in [2.45, 2.75) is 18.7 Å². The Hall–Kier alpha value is -0.670. The number of benzene rings is 1. The van der Waals surface area contributed by atoms with Crippen LogP contribution in [0.4, 0.5) is 0 Å². The lowest BCUT2D eigenvalue weighted by Crippen LogP contribution is -2.10. The molecule has 0 saturated carbocycles. The Morgan fingerprint density at radius 3 is 2.50 bits per heavy atom. The van der Waals surface area contributed by atoms with E-state index in [9.17, 15) is 0 Å². The number of ether oxygens (including phenoxy) is 1. The summed E-state index contributed by atoms with van der Waals surface area (Å²) in [5.74, 6) is 1.91. The Labute approximate surface area is 90.0 Å². The van der Waals surface area contributed by atoms with Crippen molar-refractivity contribution in [2.75, 3.05) is 19.0 Å². The molecule has 0 atom stereocenters. The van der Waals surface area contributed by atoms with E-state index in [2.05, 4.69) is 24.4 Å². The molecule has 1 aromatic carbocycles. The van der Waals surface area contributed by atoms with Crippen LogP contribution in [0.2, 0.25) is 0 Å². The highest BCUT2D eigenvalue weighted by Crippen LogP contribution is 2.20. The molecule has 0 spiro atoms. The van der Waals surface area contributed by atoms with Gasteiger partial charge in [0.2, 0.25) is 0 Å². The van der Waals surface area contributed by atoms with Crippen LogP contribution >= 0.6 is 11.8 Å². The predicted molar refractivity (Wildman–Crippen MR) is 62.0 cm³/mol. The van der Waals surface area contributed by atoms with Crippen LogP contribution < -0.4 is 10.1 Å². The van der Waals surface area contributed by atoms with Gasteiger partial charge in [-0.1, -0.05) is 6.92 Å². The van der Waals surface area contributed by atoms with Crippen LogP contribution in [-0.2, 0) is 0 Å². The number of hydrogen-bond donors (Lipinski definition) is 1. The fourth-order valence-corrected chi connectivity index (χ4v) is 1.84. The Balaban J connectivity index is 2.38. The molecule has 0 amide bonds. The maximum atomic E-state index is 5.36. The van der Waals surface area contributed by atoms with Gasteiger partial charge in [-0.15, -0.1) is 11.8 Å². The van der Waals surface area contributed by atoms with E-state index in [4.69, 9.17) is 4.74 Å². The molecule has 1 aromatic rings. The molecule has 0 heterocycles. The Kier molecular flexibility index (Phi) is 5.49. The zero-order chi connectivity index (χ0) is 10.2. The fraction of sp³-hybridized carbons (Fsp3) is 0.455. The summed E-state index contributed by atoms with van der Waals surface area (Å²) in [4.78, 5) is 1.27. The van der Waals surface area contributed by atoms with Gasteiger partial charge in [-0.25, -0.2) is 0 Å². The minimum absolute atomic E-state index is 0.726. The summed E-state index contributed by atoms with van der Waals surface area (Å²) < 4.78 is 5.36. The minimum Gasteiger partial charge on any atom is -0.494 e. The summed E-state index contributed by atoms with van der Waals surface area (Å²) in [5, 5.41) is 3.27. The monoisotopic (exact) mass is 211 g/mol. The van der Waals surface area contributed by atoms with Gasteiger partial charge >= 0.3 is 0 Å². The van der Waals surface area contributed by atoms with Gasteiger partial charge in [-0.3, -0.25) is 0 Å².